The average Bonchev–Trinajstić information content (AvgIpc) is 2.88. The number of rotatable bonds is 6. The van der Waals surface area contributed by atoms with Crippen LogP contribution in [-0.4, -0.2) is 45.1 Å². The maximum absolute atomic E-state index is 12.2. The largest absolute Gasteiger partial charge is 0.497 e. The second-order valence-electron chi connectivity index (χ2n) is 5.11. The molecule has 1 amide bonds. The van der Waals surface area contributed by atoms with E-state index in [1.807, 2.05) is 0 Å². The Bertz CT molecular complexity index is 709. The summed E-state index contributed by atoms with van der Waals surface area (Å²) in [7, 11) is 1.58. The molecule has 0 saturated carbocycles. The van der Waals surface area contributed by atoms with E-state index in [0.717, 1.165) is 5.69 Å². The van der Waals surface area contributed by atoms with Gasteiger partial charge in [-0.25, -0.2) is 4.68 Å². The van der Waals surface area contributed by atoms with Crippen LogP contribution < -0.4 is 10.1 Å². The molecule has 8 nitrogen and oxygen atoms in total. The summed E-state index contributed by atoms with van der Waals surface area (Å²) in [5.74, 6) is -0.709. The van der Waals surface area contributed by atoms with Crippen LogP contribution in [0, 0.1) is 6.92 Å². The Hall–Kier alpha value is -2.90. The summed E-state index contributed by atoms with van der Waals surface area (Å²) < 4.78 is 6.63. The number of carboxylic acid groups (broad SMARTS) is 1. The molecule has 0 saturated heterocycles. The smallest absolute Gasteiger partial charge is 0.305 e. The lowest BCUT2D eigenvalue weighted by Gasteiger charge is -2.10. The second kappa shape index (κ2) is 6.91. The summed E-state index contributed by atoms with van der Waals surface area (Å²) >= 11 is 0. The Kier molecular flexibility index (Phi) is 4.95. The van der Waals surface area contributed by atoms with E-state index >= 15 is 0 Å². The van der Waals surface area contributed by atoms with Gasteiger partial charge in [-0.05, 0) is 38.1 Å². The third-order valence-corrected chi connectivity index (χ3v) is 3.28. The van der Waals surface area contributed by atoms with Gasteiger partial charge in [0.15, 0.2) is 5.69 Å². The Morgan fingerprint density at radius 3 is 2.57 bits per heavy atom. The average molecular weight is 318 g/mol. The van der Waals surface area contributed by atoms with Gasteiger partial charge >= 0.3 is 5.97 Å². The van der Waals surface area contributed by atoms with Crippen LogP contribution in [0.15, 0.2) is 24.3 Å². The van der Waals surface area contributed by atoms with Gasteiger partial charge in [0.25, 0.3) is 5.91 Å². The molecule has 0 radical (unpaired) electrons. The second-order valence-corrected chi connectivity index (χ2v) is 5.11. The number of hydrogen-bond acceptors (Lipinski definition) is 5. The fourth-order valence-electron chi connectivity index (χ4n) is 2.11. The molecule has 1 aromatic heterocycles. The molecule has 0 bridgehead atoms. The summed E-state index contributed by atoms with van der Waals surface area (Å²) in [4.78, 5) is 22.8. The van der Waals surface area contributed by atoms with E-state index in [1.54, 1.807) is 45.2 Å². The van der Waals surface area contributed by atoms with Gasteiger partial charge in [-0.15, -0.1) is 5.10 Å². The van der Waals surface area contributed by atoms with Crippen molar-refractivity contribution >= 4 is 11.9 Å². The van der Waals surface area contributed by atoms with Gasteiger partial charge in [0.2, 0.25) is 0 Å². The number of ether oxygens (including phenoxy) is 1. The number of carboxylic acids is 1. The first-order valence-electron chi connectivity index (χ1n) is 7.01. The highest BCUT2D eigenvalue weighted by molar-refractivity contribution is 5.93. The molecule has 122 valence electrons. The van der Waals surface area contributed by atoms with Crippen LogP contribution in [0.2, 0.25) is 0 Å². The number of carbonyl (C=O) groups excluding carboxylic acids is 1. The minimum absolute atomic E-state index is 0.155. The highest BCUT2D eigenvalue weighted by Crippen LogP contribution is 2.16. The molecular formula is C15H18N4O4. The van der Waals surface area contributed by atoms with Crippen molar-refractivity contribution in [1.82, 2.24) is 20.3 Å². The van der Waals surface area contributed by atoms with Gasteiger partial charge in [0, 0.05) is 6.04 Å². The number of benzene rings is 1. The highest BCUT2D eigenvalue weighted by Gasteiger charge is 2.19. The quantitative estimate of drug-likeness (QED) is 0.828. The zero-order chi connectivity index (χ0) is 17.0. The predicted molar refractivity (Wildman–Crippen MR) is 81.8 cm³/mol. The zero-order valence-corrected chi connectivity index (χ0v) is 13.1. The first kappa shape index (κ1) is 16.5. The van der Waals surface area contributed by atoms with Crippen LogP contribution >= 0.6 is 0 Å². The first-order chi connectivity index (χ1) is 10.9. The Morgan fingerprint density at radius 2 is 2.00 bits per heavy atom. The molecule has 23 heavy (non-hydrogen) atoms. The van der Waals surface area contributed by atoms with Crippen molar-refractivity contribution in [3.63, 3.8) is 0 Å². The van der Waals surface area contributed by atoms with E-state index in [0.29, 0.717) is 11.4 Å². The molecule has 1 heterocycles. The Morgan fingerprint density at radius 1 is 1.35 bits per heavy atom. The van der Waals surface area contributed by atoms with Gasteiger partial charge in [0.05, 0.1) is 24.9 Å². The van der Waals surface area contributed by atoms with Crippen LogP contribution in [0.4, 0.5) is 0 Å². The normalized spacial score (nSPS) is 11.8. The van der Waals surface area contributed by atoms with Crippen molar-refractivity contribution in [2.24, 2.45) is 0 Å². The number of carbonyl (C=O) groups is 2. The topological polar surface area (TPSA) is 106 Å². The maximum Gasteiger partial charge on any atom is 0.305 e. The van der Waals surface area contributed by atoms with Crippen LogP contribution in [0.3, 0.4) is 0 Å². The summed E-state index contributed by atoms with van der Waals surface area (Å²) in [6.45, 7) is 3.34. The van der Waals surface area contributed by atoms with E-state index in [1.165, 1.54) is 4.68 Å². The number of nitrogens with one attached hydrogen (secondary N) is 1. The predicted octanol–water partition coefficient (Wildman–Crippen LogP) is 1.18. The van der Waals surface area contributed by atoms with Gasteiger partial charge in [-0.3, -0.25) is 9.59 Å². The van der Waals surface area contributed by atoms with Crippen molar-refractivity contribution in [2.45, 2.75) is 26.3 Å². The minimum atomic E-state index is -0.976. The number of aromatic nitrogens is 3. The molecule has 2 aromatic rings. The molecule has 1 aromatic carbocycles. The van der Waals surface area contributed by atoms with E-state index in [9.17, 15) is 9.59 Å². The number of nitrogens with zero attached hydrogens (tertiary/aromatic N) is 3. The number of amides is 1. The first-order valence-corrected chi connectivity index (χ1v) is 7.01. The van der Waals surface area contributed by atoms with Crippen molar-refractivity contribution in [3.8, 4) is 11.4 Å². The van der Waals surface area contributed by atoms with Crippen LogP contribution in [-0.2, 0) is 4.79 Å². The van der Waals surface area contributed by atoms with E-state index < -0.39 is 17.9 Å². The minimum Gasteiger partial charge on any atom is -0.497 e. The number of hydrogen-bond donors (Lipinski definition) is 2. The Balaban J connectivity index is 2.17. The SMILES string of the molecule is COc1ccc(-n2nnc(C(=O)NC(C)CC(=O)O)c2C)cc1. The van der Waals surface area contributed by atoms with Gasteiger partial charge in [0.1, 0.15) is 5.75 Å². The van der Waals surface area contributed by atoms with Gasteiger partial charge < -0.3 is 15.2 Å². The van der Waals surface area contributed by atoms with Crippen molar-refractivity contribution in [3.05, 3.63) is 35.7 Å². The van der Waals surface area contributed by atoms with Crippen LogP contribution in [0.25, 0.3) is 5.69 Å². The molecule has 2 N–H and O–H groups in total. The molecule has 1 atom stereocenters. The summed E-state index contributed by atoms with van der Waals surface area (Å²) in [6.07, 6.45) is -0.155. The molecule has 2 rings (SSSR count). The third kappa shape index (κ3) is 3.85. The summed E-state index contributed by atoms with van der Waals surface area (Å²) in [5.41, 5.74) is 1.47. The highest BCUT2D eigenvalue weighted by atomic mass is 16.5. The van der Waals surface area contributed by atoms with Crippen molar-refractivity contribution < 1.29 is 19.4 Å². The molecule has 0 fully saturated rings. The van der Waals surface area contributed by atoms with Crippen molar-refractivity contribution in [2.75, 3.05) is 7.11 Å². The molecule has 8 heteroatoms. The molecule has 0 aliphatic carbocycles. The number of aliphatic carboxylic acids is 1. The van der Waals surface area contributed by atoms with Gasteiger partial charge in [-0.1, -0.05) is 5.21 Å². The standard InChI is InChI=1S/C15H18N4O4/c1-9(8-13(20)21)16-15(22)14-10(2)19(18-17-14)11-4-6-12(23-3)7-5-11/h4-7,9H,8H2,1-3H3,(H,16,22)(H,20,21). The zero-order valence-electron chi connectivity index (χ0n) is 13.1. The maximum atomic E-state index is 12.2. The number of methoxy groups -OCH3 is 1. The lowest BCUT2D eigenvalue weighted by Crippen LogP contribution is -2.34. The molecule has 0 aliphatic heterocycles. The lowest BCUT2D eigenvalue weighted by atomic mass is 10.2. The van der Waals surface area contributed by atoms with E-state index in [2.05, 4.69) is 15.6 Å². The fourth-order valence-corrected chi connectivity index (χ4v) is 2.11. The molecular weight excluding hydrogens is 300 g/mol. The lowest BCUT2D eigenvalue weighted by molar-refractivity contribution is -0.137. The fraction of sp³-hybridized carbons (Fsp3) is 0.333. The van der Waals surface area contributed by atoms with E-state index in [4.69, 9.17) is 9.84 Å². The van der Waals surface area contributed by atoms with Crippen LogP contribution in [0.1, 0.15) is 29.5 Å². The molecule has 1 unspecified atom stereocenters. The Labute approximate surface area is 133 Å². The summed E-state index contributed by atoms with van der Waals surface area (Å²) in [5, 5.41) is 19.2. The third-order valence-electron chi connectivity index (χ3n) is 3.28. The van der Waals surface area contributed by atoms with Crippen LogP contribution in [0.5, 0.6) is 5.75 Å². The van der Waals surface area contributed by atoms with E-state index in [-0.39, 0.29) is 12.1 Å². The monoisotopic (exact) mass is 318 g/mol. The van der Waals surface area contributed by atoms with Crippen molar-refractivity contribution in [1.29, 1.82) is 0 Å². The van der Waals surface area contributed by atoms with Gasteiger partial charge in [-0.2, -0.15) is 0 Å². The molecule has 0 aliphatic rings. The summed E-state index contributed by atoms with van der Waals surface area (Å²) in [6, 6.07) is 6.67. The molecule has 0 spiro atoms.